The van der Waals surface area contributed by atoms with Gasteiger partial charge in [-0.25, -0.2) is 4.98 Å². The first kappa shape index (κ1) is 25.4. The number of hydrogen-bond donors (Lipinski definition) is 1. The number of hydrogen-bond acceptors (Lipinski definition) is 1. The average molecular weight is 407 g/mol. The molecule has 0 saturated carbocycles. The third-order valence-corrected chi connectivity index (χ3v) is 9.41. The quantitative estimate of drug-likeness (QED) is 0.527. The van der Waals surface area contributed by atoms with Crippen molar-refractivity contribution in [3.63, 3.8) is 0 Å². The van der Waals surface area contributed by atoms with Crippen LogP contribution >= 0.6 is 7.26 Å². The van der Waals surface area contributed by atoms with Crippen molar-refractivity contribution in [1.29, 1.82) is 0 Å². The summed E-state index contributed by atoms with van der Waals surface area (Å²) >= 11 is 0. The molecule has 0 bridgehead atoms. The summed E-state index contributed by atoms with van der Waals surface area (Å²) < 4.78 is 0. The topological polar surface area (TPSA) is 28.7 Å². The Morgan fingerprint density at radius 1 is 0.739 bits per heavy atom. The molecule has 0 aliphatic rings. The Balaban J connectivity index is 0. The number of aromatic amines is 1. The third kappa shape index (κ3) is 14.2. The highest BCUT2D eigenvalue weighted by molar-refractivity contribution is 7.75. The number of nitrogens with zero attached hydrogens (tertiary/aromatic N) is 1. The van der Waals surface area contributed by atoms with Crippen LogP contribution in [0.5, 0.6) is 0 Å². The molecule has 1 N–H and O–H groups in total. The van der Waals surface area contributed by atoms with Crippen LogP contribution < -0.4 is 17.0 Å². The standard InChI is InChI=1S/C16H36P.C3H4N2.BrH/c1-5-9-13-17(14-10-6-2,15-11-7-3)16-12-8-4;1-2-5-3-4-1;/h5-16H2,1-4H3;1-3H,(H,4,5);1H/q+1;;/p-1. The highest BCUT2D eigenvalue weighted by Crippen LogP contribution is 2.61. The van der Waals surface area contributed by atoms with Gasteiger partial charge in [-0.15, -0.1) is 0 Å². The van der Waals surface area contributed by atoms with Crippen molar-refractivity contribution in [2.45, 2.75) is 79.1 Å². The zero-order valence-corrected chi connectivity index (χ0v) is 18.5. The van der Waals surface area contributed by atoms with Gasteiger partial charge in [-0.05, 0) is 25.7 Å². The van der Waals surface area contributed by atoms with Crippen molar-refractivity contribution in [3.8, 4) is 0 Å². The van der Waals surface area contributed by atoms with Gasteiger partial charge in [0.05, 0.1) is 31.0 Å². The lowest BCUT2D eigenvalue weighted by Crippen LogP contribution is -3.00. The largest absolute Gasteiger partial charge is 1.00 e. The van der Waals surface area contributed by atoms with Crippen LogP contribution in [0, 0.1) is 0 Å². The first-order chi connectivity index (χ1) is 10.7. The fourth-order valence-corrected chi connectivity index (χ4v) is 8.15. The van der Waals surface area contributed by atoms with Gasteiger partial charge < -0.3 is 22.0 Å². The van der Waals surface area contributed by atoms with Gasteiger partial charge in [-0.2, -0.15) is 0 Å². The lowest BCUT2D eigenvalue weighted by Gasteiger charge is -2.28. The third-order valence-electron chi connectivity index (χ3n) is 4.35. The molecule has 4 heteroatoms. The van der Waals surface area contributed by atoms with E-state index in [0.29, 0.717) is 0 Å². The molecule has 0 saturated heterocycles. The van der Waals surface area contributed by atoms with Crippen LogP contribution in [-0.4, -0.2) is 34.6 Å². The first-order valence-corrected chi connectivity index (χ1v) is 12.1. The Bertz CT molecular complexity index is 250. The van der Waals surface area contributed by atoms with E-state index < -0.39 is 7.26 Å². The fourth-order valence-electron chi connectivity index (χ4n) is 2.86. The Morgan fingerprint density at radius 2 is 1.13 bits per heavy atom. The second-order valence-electron chi connectivity index (χ2n) is 6.41. The zero-order valence-electron chi connectivity index (χ0n) is 16.0. The molecule has 0 unspecified atom stereocenters. The minimum Gasteiger partial charge on any atom is -1.00 e. The van der Waals surface area contributed by atoms with Gasteiger partial charge in [-0.1, -0.05) is 53.4 Å². The lowest BCUT2D eigenvalue weighted by molar-refractivity contribution is -0.00000517. The number of nitrogens with one attached hydrogen (secondary N) is 1. The van der Waals surface area contributed by atoms with Crippen LogP contribution in [-0.2, 0) is 0 Å². The maximum atomic E-state index is 3.67. The van der Waals surface area contributed by atoms with Gasteiger partial charge in [0.1, 0.15) is 0 Å². The van der Waals surface area contributed by atoms with Crippen LogP contribution in [0.15, 0.2) is 18.7 Å². The van der Waals surface area contributed by atoms with Gasteiger partial charge in [0, 0.05) is 19.7 Å². The van der Waals surface area contributed by atoms with E-state index in [-0.39, 0.29) is 17.0 Å². The summed E-state index contributed by atoms with van der Waals surface area (Å²) in [6.07, 6.45) is 23.0. The molecule has 0 fully saturated rings. The molecule has 0 atom stereocenters. The van der Waals surface area contributed by atoms with Crippen molar-refractivity contribution >= 4 is 7.26 Å². The molecular formula is C19H40BrN2P. The molecule has 1 heterocycles. The number of rotatable bonds is 12. The van der Waals surface area contributed by atoms with Crippen LogP contribution in [0.25, 0.3) is 0 Å². The maximum absolute atomic E-state index is 3.67. The number of imidazole rings is 1. The molecular weight excluding hydrogens is 367 g/mol. The SMILES string of the molecule is CCCC[P+](CCCC)(CCCC)CCCC.[Br-].c1c[nH]cn1. The summed E-state index contributed by atoms with van der Waals surface area (Å²) in [6, 6.07) is 0. The van der Waals surface area contributed by atoms with Crippen molar-refractivity contribution in [1.82, 2.24) is 9.97 Å². The predicted molar refractivity (Wildman–Crippen MR) is 105 cm³/mol. The highest BCUT2D eigenvalue weighted by atomic mass is 79.9. The summed E-state index contributed by atoms with van der Waals surface area (Å²) in [7, 11) is -0.562. The molecule has 1 aromatic rings. The molecule has 0 amide bonds. The van der Waals surface area contributed by atoms with Crippen molar-refractivity contribution in [2.75, 3.05) is 24.6 Å². The van der Waals surface area contributed by atoms with Crippen LogP contribution in [0.4, 0.5) is 0 Å². The Labute approximate surface area is 156 Å². The van der Waals surface area contributed by atoms with E-state index in [1.54, 1.807) is 43.4 Å². The van der Waals surface area contributed by atoms with Gasteiger partial charge in [0.25, 0.3) is 0 Å². The second kappa shape index (κ2) is 18.5. The van der Waals surface area contributed by atoms with Gasteiger partial charge in [0.15, 0.2) is 0 Å². The van der Waals surface area contributed by atoms with E-state index in [9.17, 15) is 0 Å². The molecule has 23 heavy (non-hydrogen) atoms. The molecule has 0 aliphatic heterocycles. The van der Waals surface area contributed by atoms with Crippen molar-refractivity contribution < 1.29 is 17.0 Å². The van der Waals surface area contributed by atoms with E-state index in [0.717, 1.165) is 0 Å². The first-order valence-electron chi connectivity index (χ1n) is 9.52. The van der Waals surface area contributed by atoms with E-state index in [4.69, 9.17) is 0 Å². The molecule has 2 nitrogen and oxygen atoms in total. The normalized spacial score (nSPS) is 10.6. The fraction of sp³-hybridized carbons (Fsp3) is 0.842. The van der Waals surface area contributed by atoms with Crippen molar-refractivity contribution in [3.05, 3.63) is 18.7 Å². The van der Waals surface area contributed by atoms with Crippen LogP contribution in [0.1, 0.15) is 79.1 Å². The Morgan fingerprint density at radius 3 is 1.30 bits per heavy atom. The Kier molecular flexibility index (Phi) is 20.4. The van der Waals surface area contributed by atoms with E-state index in [1.165, 1.54) is 51.4 Å². The number of H-pyrrole nitrogens is 1. The highest BCUT2D eigenvalue weighted by Gasteiger charge is 2.34. The predicted octanol–water partition coefficient (Wildman–Crippen LogP) is 3.62. The van der Waals surface area contributed by atoms with E-state index >= 15 is 0 Å². The van der Waals surface area contributed by atoms with Gasteiger partial charge >= 0.3 is 0 Å². The molecule has 138 valence electrons. The lowest BCUT2D eigenvalue weighted by atomic mass is 10.4. The summed E-state index contributed by atoms with van der Waals surface area (Å²) in [4.78, 5) is 6.42. The van der Waals surface area contributed by atoms with Gasteiger partial charge in [0.2, 0.25) is 0 Å². The maximum Gasteiger partial charge on any atom is 0.0919 e. The molecule has 0 spiro atoms. The average Bonchev–Trinajstić information content (AvgIpc) is 3.13. The summed E-state index contributed by atoms with van der Waals surface area (Å²) in [6.45, 7) is 9.42. The Hall–Kier alpha value is 0.120. The molecule has 0 aliphatic carbocycles. The van der Waals surface area contributed by atoms with Crippen LogP contribution in [0.3, 0.4) is 0 Å². The van der Waals surface area contributed by atoms with Crippen LogP contribution in [0.2, 0.25) is 0 Å². The second-order valence-corrected chi connectivity index (χ2v) is 10.9. The number of halogens is 1. The minimum atomic E-state index is -0.562. The van der Waals surface area contributed by atoms with Gasteiger partial charge in [-0.3, -0.25) is 0 Å². The zero-order chi connectivity index (χ0) is 16.5. The summed E-state index contributed by atoms with van der Waals surface area (Å²) in [5.74, 6) is 0. The van der Waals surface area contributed by atoms with E-state index in [1.807, 2.05) is 0 Å². The molecule has 0 radical (unpaired) electrons. The molecule has 1 aromatic heterocycles. The summed E-state index contributed by atoms with van der Waals surface area (Å²) in [5.41, 5.74) is 0. The number of aromatic nitrogens is 2. The van der Waals surface area contributed by atoms with Crippen molar-refractivity contribution in [2.24, 2.45) is 0 Å². The molecule has 0 aromatic carbocycles. The monoisotopic (exact) mass is 406 g/mol. The summed E-state index contributed by atoms with van der Waals surface area (Å²) in [5, 5.41) is 0. The molecule has 1 rings (SSSR count). The smallest absolute Gasteiger partial charge is 0.0919 e. The number of unbranched alkanes of at least 4 members (excludes halogenated alkanes) is 4. The minimum absolute atomic E-state index is 0. The van der Waals surface area contributed by atoms with E-state index in [2.05, 4.69) is 37.7 Å².